The predicted molar refractivity (Wildman–Crippen MR) is 54.7 cm³/mol. The third kappa shape index (κ3) is 1.54. The van der Waals surface area contributed by atoms with Gasteiger partial charge in [-0.3, -0.25) is 0 Å². The lowest BCUT2D eigenvalue weighted by atomic mass is 9.87. The van der Waals surface area contributed by atoms with E-state index in [0.717, 1.165) is 0 Å². The van der Waals surface area contributed by atoms with Crippen LogP contribution >= 0.6 is 0 Å². The van der Waals surface area contributed by atoms with Crippen molar-refractivity contribution < 1.29 is 4.74 Å². The quantitative estimate of drug-likeness (QED) is 0.563. The maximum absolute atomic E-state index is 6.12. The molecule has 2 atom stereocenters. The number of ether oxygens (including phenoxy) is 1. The van der Waals surface area contributed by atoms with E-state index in [4.69, 9.17) is 4.74 Å². The summed E-state index contributed by atoms with van der Waals surface area (Å²) in [5, 5.41) is 0. The number of hydrogen-bond donors (Lipinski definition) is 0. The molecule has 0 amide bonds. The highest BCUT2D eigenvalue weighted by atomic mass is 16.5. The van der Waals surface area contributed by atoms with Crippen LogP contribution in [-0.4, -0.2) is 11.7 Å². The van der Waals surface area contributed by atoms with Crippen LogP contribution in [0, 0.1) is 5.92 Å². The van der Waals surface area contributed by atoms with Crippen LogP contribution in [0.1, 0.15) is 46.0 Å². The molecule has 1 unspecified atom stereocenters. The SMILES string of the molecule is C=C(C)C1CC2(CCCC2)O[C@@H]1C. The molecule has 0 aromatic heterocycles. The predicted octanol–water partition coefficient (Wildman–Crippen LogP) is 3.30. The van der Waals surface area contributed by atoms with Gasteiger partial charge >= 0.3 is 0 Å². The molecule has 1 heterocycles. The summed E-state index contributed by atoms with van der Waals surface area (Å²) in [6, 6.07) is 0. The lowest BCUT2D eigenvalue weighted by Crippen LogP contribution is -2.23. The Labute approximate surface area is 81.2 Å². The highest BCUT2D eigenvalue weighted by molar-refractivity contribution is 5.07. The Morgan fingerprint density at radius 1 is 1.38 bits per heavy atom. The molecule has 1 aliphatic carbocycles. The van der Waals surface area contributed by atoms with Crippen molar-refractivity contribution in [3.8, 4) is 0 Å². The molecule has 2 aliphatic rings. The van der Waals surface area contributed by atoms with Crippen molar-refractivity contribution in [1.82, 2.24) is 0 Å². The molecular formula is C12H20O. The molecule has 74 valence electrons. The van der Waals surface area contributed by atoms with Crippen molar-refractivity contribution in [2.75, 3.05) is 0 Å². The van der Waals surface area contributed by atoms with Gasteiger partial charge in [0.2, 0.25) is 0 Å². The van der Waals surface area contributed by atoms with Gasteiger partial charge in [0.05, 0.1) is 11.7 Å². The standard InChI is InChI=1S/C12H20O/c1-9(2)11-8-12(13-10(11)3)6-4-5-7-12/h10-11H,1,4-8H2,2-3H3/t10-,11?/m1/s1. The van der Waals surface area contributed by atoms with Crippen LogP contribution < -0.4 is 0 Å². The maximum Gasteiger partial charge on any atom is 0.0693 e. The number of rotatable bonds is 1. The van der Waals surface area contributed by atoms with E-state index in [1.807, 2.05) is 0 Å². The molecule has 0 aromatic rings. The molecule has 1 aliphatic heterocycles. The first kappa shape index (κ1) is 9.26. The Morgan fingerprint density at radius 3 is 2.46 bits per heavy atom. The molecular weight excluding hydrogens is 160 g/mol. The Balaban J connectivity index is 2.09. The van der Waals surface area contributed by atoms with Crippen molar-refractivity contribution in [2.24, 2.45) is 5.92 Å². The van der Waals surface area contributed by atoms with Crippen LogP contribution in [0.5, 0.6) is 0 Å². The second kappa shape index (κ2) is 3.13. The Bertz CT molecular complexity index is 213. The summed E-state index contributed by atoms with van der Waals surface area (Å²) in [6.45, 7) is 8.40. The highest BCUT2D eigenvalue weighted by Crippen LogP contribution is 2.47. The molecule has 13 heavy (non-hydrogen) atoms. The number of hydrogen-bond acceptors (Lipinski definition) is 1. The largest absolute Gasteiger partial charge is 0.371 e. The van der Waals surface area contributed by atoms with Crippen LogP contribution in [-0.2, 0) is 4.74 Å². The zero-order valence-electron chi connectivity index (χ0n) is 8.81. The summed E-state index contributed by atoms with van der Waals surface area (Å²) in [4.78, 5) is 0. The van der Waals surface area contributed by atoms with Gasteiger partial charge in [-0.25, -0.2) is 0 Å². The lowest BCUT2D eigenvalue weighted by Gasteiger charge is -2.22. The van der Waals surface area contributed by atoms with Gasteiger partial charge in [0.15, 0.2) is 0 Å². The molecule has 2 rings (SSSR count). The van der Waals surface area contributed by atoms with Crippen molar-refractivity contribution >= 4 is 0 Å². The van der Waals surface area contributed by atoms with Crippen molar-refractivity contribution in [3.63, 3.8) is 0 Å². The molecule has 0 aromatic carbocycles. The Hall–Kier alpha value is -0.300. The van der Waals surface area contributed by atoms with Gasteiger partial charge in [-0.15, -0.1) is 0 Å². The van der Waals surface area contributed by atoms with Crippen LogP contribution in [0.25, 0.3) is 0 Å². The van der Waals surface area contributed by atoms with Gasteiger partial charge in [-0.1, -0.05) is 25.0 Å². The van der Waals surface area contributed by atoms with Crippen molar-refractivity contribution in [2.45, 2.75) is 57.7 Å². The lowest BCUT2D eigenvalue weighted by molar-refractivity contribution is -0.0312. The average molecular weight is 180 g/mol. The Kier molecular flexibility index (Phi) is 2.23. The van der Waals surface area contributed by atoms with Crippen LogP contribution in [0.2, 0.25) is 0 Å². The molecule has 1 saturated carbocycles. The molecule has 0 radical (unpaired) electrons. The zero-order chi connectivity index (χ0) is 9.47. The van der Waals surface area contributed by atoms with Gasteiger partial charge in [-0.05, 0) is 33.1 Å². The maximum atomic E-state index is 6.12. The van der Waals surface area contributed by atoms with Gasteiger partial charge < -0.3 is 4.74 Å². The molecule has 1 spiro atoms. The van der Waals surface area contributed by atoms with Crippen LogP contribution in [0.3, 0.4) is 0 Å². The fraction of sp³-hybridized carbons (Fsp3) is 0.833. The average Bonchev–Trinajstić information content (AvgIpc) is 2.60. The van der Waals surface area contributed by atoms with E-state index in [1.54, 1.807) is 0 Å². The van der Waals surface area contributed by atoms with Crippen LogP contribution in [0.15, 0.2) is 12.2 Å². The highest BCUT2D eigenvalue weighted by Gasteiger charge is 2.45. The molecule has 1 heteroatoms. The van der Waals surface area contributed by atoms with E-state index < -0.39 is 0 Å². The summed E-state index contributed by atoms with van der Waals surface area (Å²) < 4.78 is 6.12. The van der Waals surface area contributed by atoms with Crippen molar-refractivity contribution in [1.29, 1.82) is 0 Å². The minimum absolute atomic E-state index is 0.253. The topological polar surface area (TPSA) is 9.23 Å². The molecule has 1 nitrogen and oxygen atoms in total. The summed E-state index contributed by atoms with van der Waals surface area (Å²) in [7, 11) is 0. The third-order valence-electron chi connectivity index (χ3n) is 3.74. The second-order valence-corrected chi connectivity index (χ2v) is 4.87. The first-order chi connectivity index (χ1) is 6.13. The smallest absolute Gasteiger partial charge is 0.0693 e. The monoisotopic (exact) mass is 180 g/mol. The van der Waals surface area contributed by atoms with Gasteiger partial charge in [-0.2, -0.15) is 0 Å². The van der Waals surface area contributed by atoms with E-state index in [2.05, 4.69) is 20.4 Å². The van der Waals surface area contributed by atoms with Gasteiger partial charge in [0, 0.05) is 5.92 Å². The van der Waals surface area contributed by atoms with E-state index >= 15 is 0 Å². The molecule has 2 fully saturated rings. The fourth-order valence-corrected chi connectivity index (χ4v) is 3.01. The van der Waals surface area contributed by atoms with E-state index in [9.17, 15) is 0 Å². The molecule has 0 bridgehead atoms. The summed E-state index contributed by atoms with van der Waals surface area (Å²) in [5.74, 6) is 0.609. The molecule has 1 saturated heterocycles. The van der Waals surface area contributed by atoms with E-state index in [1.165, 1.54) is 37.7 Å². The first-order valence-electron chi connectivity index (χ1n) is 5.46. The third-order valence-corrected chi connectivity index (χ3v) is 3.74. The van der Waals surface area contributed by atoms with Crippen LogP contribution in [0.4, 0.5) is 0 Å². The van der Waals surface area contributed by atoms with E-state index in [0.29, 0.717) is 12.0 Å². The Morgan fingerprint density at radius 2 is 2.00 bits per heavy atom. The second-order valence-electron chi connectivity index (χ2n) is 4.87. The summed E-state index contributed by atoms with van der Waals surface area (Å²) >= 11 is 0. The fourth-order valence-electron chi connectivity index (χ4n) is 3.01. The summed E-state index contributed by atoms with van der Waals surface area (Å²) in [5.41, 5.74) is 1.56. The first-order valence-corrected chi connectivity index (χ1v) is 5.46. The zero-order valence-corrected chi connectivity index (χ0v) is 8.81. The van der Waals surface area contributed by atoms with Gasteiger partial charge in [0.1, 0.15) is 0 Å². The van der Waals surface area contributed by atoms with E-state index in [-0.39, 0.29) is 5.60 Å². The normalized spacial score (nSPS) is 37.1. The molecule has 0 N–H and O–H groups in total. The van der Waals surface area contributed by atoms with Gasteiger partial charge in [0.25, 0.3) is 0 Å². The minimum Gasteiger partial charge on any atom is -0.371 e. The summed E-state index contributed by atoms with van der Waals surface area (Å²) in [6.07, 6.45) is 6.90. The minimum atomic E-state index is 0.253. The van der Waals surface area contributed by atoms with Crippen molar-refractivity contribution in [3.05, 3.63) is 12.2 Å².